The van der Waals surface area contributed by atoms with Crippen LogP contribution in [0.5, 0.6) is 0 Å². The number of aryl methyl sites for hydroxylation is 1. The number of methoxy groups -OCH3 is 1. The summed E-state index contributed by atoms with van der Waals surface area (Å²) in [5.41, 5.74) is 1.29. The zero-order valence-electron chi connectivity index (χ0n) is 22.0. The fraction of sp³-hybridized carbons (Fsp3) is 0.538. The van der Waals surface area contributed by atoms with Crippen LogP contribution < -0.4 is 4.90 Å². The molecule has 5 rings (SSSR count). The molecule has 12 heteroatoms. The molecule has 0 spiro atoms. The van der Waals surface area contributed by atoms with Crippen molar-refractivity contribution in [2.75, 3.05) is 44.5 Å². The van der Waals surface area contributed by atoms with Gasteiger partial charge in [-0.25, -0.2) is 35.1 Å². The number of hydrogen-bond donors (Lipinski definition) is 0. The number of benzene rings is 1. The fourth-order valence-electron chi connectivity index (χ4n) is 5.53. The van der Waals surface area contributed by atoms with Gasteiger partial charge in [-0.1, -0.05) is 17.7 Å². The number of piperidine rings is 1. The zero-order valence-corrected chi connectivity index (χ0v) is 23.7. The maximum atomic E-state index is 13.3. The van der Waals surface area contributed by atoms with Gasteiger partial charge in [0.05, 0.1) is 16.0 Å². The third-order valence-electron chi connectivity index (χ3n) is 7.91. The first kappa shape index (κ1) is 27.0. The molecule has 38 heavy (non-hydrogen) atoms. The zero-order chi connectivity index (χ0) is 27.1. The van der Waals surface area contributed by atoms with Crippen LogP contribution in [0.3, 0.4) is 0 Å². The molecule has 2 aromatic heterocycles. The van der Waals surface area contributed by atoms with E-state index in [9.17, 15) is 16.8 Å². The molecule has 3 heterocycles. The van der Waals surface area contributed by atoms with Gasteiger partial charge < -0.3 is 9.64 Å². The predicted octanol–water partition coefficient (Wildman–Crippen LogP) is 2.88. The van der Waals surface area contributed by atoms with Crippen molar-refractivity contribution in [2.45, 2.75) is 43.5 Å². The first-order valence-electron chi connectivity index (χ1n) is 12.9. The number of nitrogens with zero attached hydrogens (tertiary/aromatic N) is 5. The van der Waals surface area contributed by atoms with Crippen LogP contribution in [0.1, 0.15) is 31.2 Å². The molecule has 0 unspecified atom stereocenters. The molecule has 0 atom stereocenters. The first-order chi connectivity index (χ1) is 18.1. The van der Waals surface area contributed by atoms with Gasteiger partial charge in [-0.3, -0.25) is 0 Å². The molecule has 2 aliphatic rings. The minimum atomic E-state index is -3.81. The van der Waals surface area contributed by atoms with E-state index in [0.717, 1.165) is 31.2 Å². The van der Waals surface area contributed by atoms with Gasteiger partial charge in [-0.2, -0.15) is 0 Å². The summed E-state index contributed by atoms with van der Waals surface area (Å²) in [5.74, 6) is 1.32. The number of aromatic nitrogens is 3. The van der Waals surface area contributed by atoms with E-state index < -0.39 is 20.0 Å². The molecule has 0 radical (unpaired) electrons. The summed E-state index contributed by atoms with van der Waals surface area (Å²) >= 11 is 0. The second-order valence-corrected chi connectivity index (χ2v) is 14.4. The third-order valence-corrected chi connectivity index (χ3v) is 11.6. The van der Waals surface area contributed by atoms with E-state index in [-0.39, 0.29) is 22.6 Å². The summed E-state index contributed by atoms with van der Waals surface area (Å²) < 4.78 is 60.6. The lowest BCUT2D eigenvalue weighted by atomic mass is 9.81. The van der Waals surface area contributed by atoms with E-state index in [1.165, 1.54) is 16.5 Å². The molecule has 1 aromatic carbocycles. The van der Waals surface area contributed by atoms with Crippen molar-refractivity contribution < 1.29 is 21.6 Å². The van der Waals surface area contributed by atoms with Crippen LogP contribution in [0.15, 0.2) is 47.8 Å². The van der Waals surface area contributed by atoms with Gasteiger partial charge in [0.25, 0.3) is 10.0 Å². The van der Waals surface area contributed by atoms with Crippen molar-refractivity contribution in [2.24, 2.45) is 11.8 Å². The van der Waals surface area contributed by atoms with Crippen molar-refractivity contribution in [1.29, 1.82) is 0 Å². The highest BCUT2D eigenvalue weighted by molar-refractivity contribution is 7.90. The monoisotopic (exact) mass is 561 g/mol. The Morgan fingerprint density at radius 2 is 1.68 bits per heavy atom. The molecule has 0 amide bonds. The Labute approximate surface area is 224 Å². The fourth-order valence-corrected chi connectivity index (χ4v) is 8.68. The normalized spacial score (nSPS) is 21.4. The molecule has 1 saturated carbocycles. The quantitative estimate of drug-likeness (QED) is 0.392. The highest BCUT2D eigenvalue weighted by Gasteiger charge is 2.38. The highest BCUT2D eigenvalue weighted by atomic mass is 32.2. The first-order valence-corrected chi connectivity index (χ1v) is 16.0. The van der Waals surface area contributed by atoms with E-state index >= 15 is 0 Å². The van der Waals surface area contributed by atoms with Gasteiger partial charge in [0.2, 0.25) is 10.0 Å². The number of fused-ring (bicyclic) bond motifs is 1. The van der Waals surface area contributed by atoms with Gasteiger partial charge >= 0.3 is 0 Å². The Morgan fingerprint density at radius 3 is 2.34 bits per heavy atom. The van der Waals surface area contributed by atoms with Gasteiger partial charge in [0, 0.05) is 46.1 Å². The Morgan fingerprint density at radius 1 is 1.00 bits per heavy atom. The molecule has 0 N–H and O–H groups in total. The van der Waals surface area contributed by atoms with Crippen LogP contribution in [-0.2, 0) is 24.8 Å². The summed E-state index contributed by atoms with van der Waals surface area (Å²) in [6.07, 6.45) is 6.05. The van der Waals surface area contributed by atoms with Gasteiger partial charge in [-0.05, 0) is 62.6 Å². The standard InChI is InChI=1S/C26H35N5O5S2/c1-19-4-6-23(7-5-19)38(34,35)31-13-10-24-25(27-18-28-26(24)31)29(2)22-14-21(15-22)17-37(32,33)30-11-8-20(9-12-30)16-36-3/h4-7,10,13,18,20-22H,8-9,11-12,14-17H2,1-3H3. The predicted molar refractivity (Wildman–Crippen MR) is 146 cm³/mol. The second kappa shape index (κ2) is 10.6. The maximum Gasteiger partial charge on any atom is 0.269 e. The lowest BCUT2D eigenvalue weighted by Gasteiger charge is -2.42. The molecular weight excluding hydrogens is 526 g/mol. The largest absolute Gasteiger partial charge is 0.384 e. The second-order valence-electron chi connectivity index (χ2n) is 10.5. The minimum absolute atomic E-state index is 0.0907. The van der Waals surface area contributed by atoms with Crippen molar-refractivity contribution in [3.63, 3.8) is 0 Å². The molecule has 1 aliphatic carbocycles. The average Bonchev–Trinajstić information content (AvgIpc) is 3.32. The molecule has 1 saturated heterocycles. The summed E-state index contributed by atoms with van der Waals surface area (Å²) in [4.78, 5) is 11.0. The van der Waals surface area contributed by atoms with E-state index in [0.29, 0.717) is 42.5 Å². The minimum Gasteiger partial charge on any atom is -0.384 e. The van der Waals surface area contributed by atoms with Gasteiger partial charge in [-0.15, -0.1) is 0 Å². The van der Waals surface area contributed by atoms with E-state index in [1.54, 1.807) is 41.7 Å². The topological polar surface area (TPSA) is 115 Å². The SMILES string of the molecule is COCC1CCN(S(=O)(=O)CC2CC(N(C)c3ncnc4c3ccn4S(=O)(=O)c3ccc(C)cc3)C2)CC1. The number of rotatable bonds is 9. The highest BCUT2D eigenvalue weighted by Crippen LogP contribution is 2.37. The van der Waals surface area contributed by atoms with Gasteiger partial charge in [0.1, 0.15) is 12.1 Å². The van der Waals surface area contributed by atoms with Crippen molar-refractivity contribution >= 4 is 36.9 Å². The molecule has 3 aromatic rings. The molecular formula is C26H35N5O5S2. The molecule has 10 nitrogen and oxygen atoms in total. The van der Waals surface area contributed by atoms with Crippen LogP contribution in [0.4, 0.5) is 5.82 Å². The Bertz CT molecular complexity index is 1490. The summed E-state index contributed by atoms with van der Waals surface area (Å²) in [6.45, 7) is 3.72. The van der Waals surface area contributed by atoms with Crippen LogP contribution in [-0.4, -0.2) is 80.7 Å². The number of hydrogen-bond acceptors (Lipinski definition) is 8. The van der Waals surface area contributed by atoms with E-state index in [2.05, 4.69) is 9.97 Å². The average molecular weight is 562 g/mol. The summed E-state index contributed by atoms with van der Waals surface area (Å²) in [7, 11) is -3.50. The number of sulfonamides is 1. The molecule has 2 fully saturated rings. The summed E-state index contributed by atoms with van der Waals surface area (Å²) in [6, 6.07) is 8.57. The van der Waals surface area contributed by atoms with Crippen molar-refractivity contribution in [3.8, 4) is 0 Å². The Kier molecular flexibility index (Phi) is 7.51. The maximum absolute atomic E-state index is 13.3. The lowest BCUT2D eigenvalue weighted by Crippen LogP contribution is -2.48. The van der Waals surface area contributed by atoms with Crippen molar-refractivity contribution in [3.05, 3.63) is 48.4 Å². The van der Waals surface area contributed by atoms with Crippen molar-refractivity contribution in [1.82, 2.24) is 18.2 Å². The molecule has 1 aliphatic heterocycles. The van der Waals surface area contributed by atoms with Crippen LogP contribution >= 0.6 is 0 Å². The van der Waals surface area contributed by atoms with Crippen LogP contribution in [0.25, 0.3) is 11.0 Å². The Hall–Kier alpha value is -2.54. The van der Waals surface area contributed by atoms with Crippen LogP contribution in [0.2, 0.25) is 0 Å². The van der Waals surface area contributed by atoms with E-state index in [1.807, 2.05) is 18.9 Å². The lowest BCUT2D eigenvalue weighted by molar-refractivity contribution is 0.121. The Balaban J connectivity index is 1.26. The third kappa shape index (κ3) is 5.18. The smallest absolute Gasteiger partial charge is 0.269 e. The molecule has 0 bridgehead atoms. The van der Waals surface area contributed by atoms with Crippen LogP contribution in [0, 0.1) is 18.8 Å². The summed E-state index contributed by atoms with van der Waals surface area (Å²) in [5, 5.41) is 0.640. The molecule has 206 valence electrons. The number of anilines is 1. The number of ether oxygens (including phenoxy) is 1. The van der Waals surface area contributed by atoms with Gasteiger partial charge in [0.15, 0.2) is 5.65 Å². The van der Waals surface area contributed by atoms with E-state index in [4.69, 9.17) is 4.74 Å².